The highest BCUT2D eigenvalue weighted by Crippen LogP contribution is 2.17. The molecule has 3 N–H and O–H groups in total. The van der Waals surface area contributed by atoms with Crippen molar-refractivity contribution in [2.75, 3.05) is 13.1 Å². The minimum atomic E-state index is -1.04. The van der Waals surface area contributed by atoms with Crippen molar-refractivity contribution in [1.82, 2.24) is 20.4 Å². The van der Waals surface area contributed by atoms with E-state index in [4.69, 9.17) is 5.11 Å². The molecule has 2 heterocycles. The predicted molar refractivity (Wildman–Crippen MR) is 82.9 cm³/mol. The van der Waals surface area contributed by atoms with Crippen molar-refractivity contribution in [3.63, 3.8) is 0 Å². The summed E-state index contributed by atoms with van der Waals surface area (Å²) < 4.78 is 0. The Kier molecular flexibility index (Phi) is 4.38. The van der Waals surface area contributed by atoms with Gasteiger partial charge in [-0.15, -0.1) is 0 Å². The van der Waals surface area contributed by atoms with E-state index < -0.39 is 5.97 Å². The van der Waals surface area contributed by atoms with E-state index in [1.165, 1.54) is 6.20 Å². The quantitative estimate of drug-likeness (QED) is 0.753. The number of hydrogen-bond acceptors (Lipinski definition) is 4. The molecule has 2 aromatic rings. The van der Waals surface area contributed by atoms with Crippen molar-refractivity contribution in [1.29, 1.82) is 0 Å². The van der Waals surface area contributed by atoms with Crippen LogP contribution in [0.3, 0.4) is 0 Å². The van der Waals surface area contributed by atoms with Gasteiger partial charge in [-0.1, -0.05) is 30.3 Å². The SMILES string of the molecule is O=C(O)c1[nH]ncc1CN1CCNC(=O)[C@@H]1Cc1ccccc1. The van der Waals surface area contributed by atoms with Crippen molar-refractivity contribution < 1.29 is 14.7 Å². The lowest BCUT2D eigenvalue weighted by Crippen LogP contribution is -2.55. The number of carboxylic acids is 1. The van der Waals surface area contributed by atoms with E-state index in [1.54, 1.807) is 0 Å². The number of carboxylic acid groups (broad SMARTS) is 1. The first-order chi connectivity index (χ1) is 11.1. The van der Waals surface area contributed by atoms with Crippen LogP contribution in [0.5, 0.6) is 0 Å². The summed E-state index contributed by atoms with van der Waals surface area (Å²) in [4.78, 5) is 25.5. The molecule has 1 aliphatic heterocycles. The number of nitrogens with zero attached hydrogens (tertiary/aromatic N) is 2. The lowest BCUT2D eigenvalue weighted by Gasteiger charge is -2.35. The molecule has 0 bridgehead atoms. The Labute approximate surface area is 133 Å². The summed E-state index contributed by atoms with van der Waals surface area (Å²) in [7, 11) is 0. The third kappa shape index (κ3) is 3.40. The summed E-state index contributed by atoms with van der Waals surface area (Å²) in [6.07, 6.45) is 2.10. The fraction of sp³-hybridized carbons (Fsp3) is 0.312. The molecular formula is C16H18N4O3. The molecule has 120 valence electrons. The second-order valence-corrected chi connectivity index (χ2v) is 5.54. The van der Waals surface area contributed by atoms with Crippen molar-refractivity contribution in [2.45, 2.75) is 19.0 Å². The van der Waals surface area contributed by atoms with Gasteiger partial charge in [0.15, 0.2) is 0 Å². The van der Waals surface area contributed by atoms with Crippen molar-refractivity contribution in [2.24, 2.45) is 0 Å². The number of H-pyrrole nitrogens is 1. The molecule has 0 spiro atoms. The summed E-state index contributed by atoms with van der Waals surface area (Å²) in [6.45, 7) is 1.61. The number of hydrogen-bond donors (Lipinski definition) is 3. The standard InChI is InChI=1S/C16H18N4O3/c21-15-13(8-11-4-2-1-3-5-11)20(7-6-17-15)10-12-9-18-19-14(12)16(22)23/h1-5,9,13H,6-8,10H2,(H,17,21)(H,18,19)(H,22,23)/t13-/m0/s1. The van der Waals surface area contributed by atoms with Crippen LogP contribution in [0.25, 0.3) is 0 Å². The van der Waals surface area contributed by atoms with Crippen LogP contribution in [0, 0.1) is 0 Å². The van der Waals surface area contributed by atoms with Crippen LogP contribution in [0.1, 0.15) is 21.6 Å². The molecule has 0 radical (unpaired) electrons. The van der Waals surface area contributed by atoms with Crippen LogP contribution in [-0.4, -0.2) is 51.2 Å². The van der Waals surface area contributed by atoms with Gasteiger partial charge in [-0.05, 0) is 12.0 Å². The Bertz CT molecular complexity index is 698. The second-order valence-electron chi connectivity index (χ2n) is 5.54. The maximum absolute atomic E-state index is 12.3. The molecule has 7 nitrogen and oxygen atoms in total. The fourth-order valence-corrected chi connectivity index (χ4v) is 2.85. The van der Waals surface area contributed by atoms with Crippen molar-refractivity contribution >= 4 is 11.9 Å². The molecular weight excluding hydrogens is 296 g/mol. The second kappa shape index (κ2) is 6.62. The minimum Gasteiger partial charge on any atom is -0.477 e. The van der Waals surface area contributed by atoms with Gasteiger partial charge >= 0.3 is 5.97 Å². The number of aromatic carboxylic acids is 1. The number of aromatic amines is 1. The van der Waals surface area contributed by atoms with Crippen molar-refractivity contribution in [3.8, 4) is 0 Å². The smallest absolute Gasteiger partial charge is 0.354 e. The molecule has 23 heavy (non-hydrogen) atoms. The molecule has 0 aliphatic carbocycles. The zero-order valence-electron chi connectivity index (χ0n) is 12.5. The van der Waals surface area contributed by atoms with Gasteiger partial charge in [0.2, 0.25) is 5.91 Å². The Morgan fingerprint density at radius 2 is 2.13 bits per heavy atom. The topological polar surface area (TPSA) is 98.3 Å². The Hall–Kier alpha value is -2.67. The first-order valence-corrected chi connectivity index (χ1v) is 7.46. The molecule has 1 aromatic carbocycles. The lowest BCUT2D eigenvalue weighted by atomic mass is 10.0. The molecule has 7 heteroatoms. The lowest BCUT2D eigenvalue weighted by molar-refractivity contribution is -0.129. The molecule has 0 unspecified atom stereocenters. The van der Waals surface area contributed by atoms with Gasteiger partial charge in [-0.25, -0.2) is 4.79 Å². The molecule has 0 saturated carbocycles. The predicted octanol–water partition coefficient (Wildman–Crippen LogP) is 0.651. The molecule has 1 atom stereocenters. The van der Waals surface area contributed by atoms with E-state index >= 15 is 0 Å². The van der Waals surface area contributed by atoms with E-state index in [9.17, 15) is 9.59 Å². The number of aromatic nitrogens is 2. The van der Waals surface area contributed by atoms with Gasteiger partial charge in [0.05, 0.1) is 12.2 Å². The molecule has 1 amide bonds. The third-order valence-corrected chi connectivity index (χ3v) is 4.02. The van der Waals surface area contributed by atoms with E-state index in [1.807, 2.05) is 35.2 Å². The summed E-state index contributed by atoms with van der Waals surface area (Å²) >= 11 is 0. The normalized spacial score (nSPS) is 18.6. The third-order valence-electron chi connectivity index (χ3n) is 4.02. The summed E-state index contributed by atoms with van der Waals surface area (Å²) in [6, 6.07) is 9.48. The average molecular weight is 314 g/mol. The summed E-state index contributed by atoms with van der Waals surface area (Å²) in [5.74, 6) is -1.07. The largest absolute Gasteiger partial charge is 0.477 e. The highest BCUT2D eigenvalue weighted by Gasteiger charge is 2.30. The fourth-order valence-electron chi connectivity index (χ4n) is 2.85. The number of piperazine rings is 1. The number of carbonyl (C=O) groups excluding carboxylic acids is 1. The van der Waals surface area contributed by atoms with Gasteiger partial charge in [0.1, 0.15) is 5.69 Å². The van der Waals surface area contributed by atoms with Gasteiger partial charge in [-0.3, -0.25) is 14.8 Å². The Morgan fingerprint density at radius 3 is 2.87 bits per heavy atom. The molecule has 1 aliphatic rings. The minimum absolute atomic E-state index is 0.0273. The maximum atomic E-state index is 12.3. The number of rotatable bonds is 5. The van der Waals surface area contributed by atoms with Gasteiger partial charge in [0, 0.05) is 25.2 Å². The highest BCUT2D eigenvalue weighted by atomic mass is 16.4. The van der Waals surface area contributed by atoms with E-state index in [2.05, 4.69) is 15.5 Å². The average Bonchev–Trinajstić information content (AvgIpc) is 3.00. The van der Waals surface area contributed by atoms with E-state index in [-0.39, 0.29) is 17.6 Å². The van der Waals surface area contributed by atoms with Gasteiger partial charge < -0.3 is 10.4 Å². The zero-order valence-corrected chi connectivity index (χ0v) is 12.5. The summed E-state index contributed by atoms with van der Waals surface area (Å²) in [5, 5.41) is 18.3. The zero-order chi connectivity index (χ0) is 16.2. The number of nitrogens with one attached hydrogen (secondary N) is 2. The molecule has 1 aromatic heterocycles. The molecule has 3 rings (SSSR count). The number of carbonyl (C=O) groups is 2. The first kappa shape index (κ1) is 15.2. The Balaban J connectivity index is 1.79. The van der Waals surface area contributed by atoms with Crippen LogP contribution >= 0.6 is 0 Å². The van der Waals surface area contributed by atoms with Crippen LogP contribution in [-0.2, 0) is 17.8 Å². The van der Waals surface area contributed by atoms with Crippen molar-refractivity contribution in [3.05, 3.63) is 53.3 Å². The van der Waals surface area contributed by atoms with Crippen LogP contribution in [0.15, 0.2) is 36.5 Å². The first-order valence-electron chi connectivity index (χ1n) is 7.46. The number of benzene rings is 1. The Morgan fingerprint density at radius 1 is 1.35 bits per heavy atom. The highest BCUT2D eigenvalue weighted by molar-refractivity contribution is 5.87. The maximum Gasteiger partial charge on any atom is 0.354 e. The summed E-state index contributed by atoms with van der Waals surface area (Å²) in [5.41, 5.74) is 1.74. The van der Waals surface area contributed by atoms with E-state index in [0.29, 0.717) is 31.6 Å². The van der Waals surface area contributed by atoms with Crippen LogP contribution in [0.2, 0.25) is 0 Å². The van der Waals surface area contributed by atoms with Crippen LogP contribution in [0.4, 0.5) is 0 Å². The monoisotopic (exact) mass is 314 g/mol. The van der Waals surface area contributed by atoms with Gasteiger partial charge in [-0.2, -0.15) is 5.10 Å². The molecule has 1 fully saturated rings. The van der Waals surface area contributed by atoms with Gasteiger partial charge in [0.25, 0.3) is 0 Å². The van der Waals surface area contributed by atoms with E-state index in [0.717, 1.165) is 5.56 Å². The molecule has 1 saturated heterocycles. The number of amides is 1. The van der Waals surface area contributed by atoms with Crippen LogP contribution < -0.4 is 5.32 Å².